The Balaban J connectivity index is 1.37. The SMILES string of the molecule is COCCOc1ccc(Nc2ncc(F)c(Nc3ccc(CC(=O)CC4=CCC4)cc3)n2)cc1F. The summed E-state index contributed by atoms with van der Waals surface area (Å²) in [6.07, 6.45) is 6.08. The van der Waals surface area contributed by atoms with Crippen LogP contribution in [-0.4, -0.2) is 36.1 Å². The van der Waals surface area contributed by atoms with Gasteiger partial charge in [-0.1, -0.05) is 23.8 Å². The molecular formula is C26H26F2N4O3. The topological polar surface area (TPSA) is 85.4 Å². The summed E-state index contributed by atoms with van der Waals surface area (Å²) in [5, 5.41) is 5.77. The third kappa shape index (κ3) is 6.83. The number of rotatable bonds is 12. The normalized spacial score (nSPS) is 12.5. The minimum Gasteiger partial charge on any atom is -0.488 e. The van der Waals surface area contributed by atoms with E-state index in [1.54, 1.807) is 18.2 Å². The quantitative estimate of drug-likeness (QED) is 0.262. The number of nitrogens with one attached hydrogen (secondary N) is 2. The number of aromatic nitrogens is 2. The zero-order valence-corrected chi connectivity index (χ0v) is 19.3. The van der Waals surface area contributed by atoms with Crippen LogP contribution in [0.15, 0.2) is 60.3 Å². The van der Waals surface area contributed by atoms with Crippen LogP contribution >= 0.6 is 0 Å². The van der Waals surface area contributed by atoms with Crippen molar-refractivity contribution in [2.75, 3.05) is 31.0 Å². The van der Waals surface area contributed by atoms with Crippen molar-refractivity contribution in [3.63, 3.8) is 0 Å². The molecule has 1 aliphatic rings. The van der Waals surface area contributed by atoms with Crippen molar-refractivity contribution in [2.45, 2.75) is 25.7 Å². The molecule has 1 heterocycles. The Morgan fingerprint density at radius 1 is 1.00 bits per heavy atom. The summed E-state index contributed by atoms with van der Waals surface area (Å²) in [5.74, 6) is -0.871. The van der Waals surface area contributed by atoms with Crippen molar-refractivity contribution < 1.29 is 23.0 Å². The van der Waals surface area contributed by atoms with Crippen molar-refractivity contribution >= 4 is 28.9 Å². The van der Waals surface area contributed by atoms with E-state index in [1.165, 1.54) is 24.8 Å². The lowest BCUT2D eigenvalue weighted by atomic mass is 9.92. The predicted octanol–water partition coefficient (Wildman–Crippen LogP) is 5.49. The summed E-state index contributed by atoms with van der Waals surface area (Å²) in [7, 11) is 1.53. The van der Waals surface area contributed by atoms with E-state index < -0.39 is 11.6 Å². The first-order valence-corrected chi connectivity index (χ1v) is 11.3. The highest BCUT2D eigenvalue weighted by molar-refractivity contribution is 5.83. The van der Waals surface area contributed by atoms with Crippen molar-refractivity contribution in [2.24, 2.45) is 0 Å². The molecule has 0 spiro atoms. The van der Waals surface area contributed by atoms with Gasteiger partial charge in [0.25, 0.3) is 0 Å². The number of hydrogen-bond donors (Lipinski definition) is 2. The third-order valence-electron chi connectivity index (χ3n) is 5.42. The van der Waals surface area contributed by atoms with E-state index in [1.807, 2.05) is 12.1 Å². The van der Waals surface area contributed by atoms with Crippen LogP contribution in [0.1, 0.15) is 24.8 Å². The molecule has 0 aliphatic heterocycles. The largest absolute Gasteiger partial charge is 0.488 e. The van der Waals surface area contributed by atoms with Crippen LogP contribution in [0.25, 0.3) is 0 Å². The molecule has 0 saturated heterocycles. The fourth-order valence-corrected chi connectivity index (χ4v) is 3.47. The highest BCUT2D eigenvalue weighted by Crippen LogP contribution is 2.25. The summed E-state index contributed by atoms with van der Waals surface area (Å²) in [6, 6.07) is 11.5. The molecule has 2 aromatic carbocycles. The van der Waals surface area contributed by atoms with Gasteiger partial charge >= 0.3 is 0 Å². The second kappa shape index (κ2) is 11.5. The monoisotopic (exact) mass is 480 g/mol. The molecule has 7 nitrogen and oxygen atoms in total. The smallest absolute Gasteiger partial charge is 0.229 e. The number of anilines is 4. The molecule has 4 rings (SSSR count). The summed E-state index contributed by atoms with van der Waals surface area (Å²) in [5.41, 5.74) is 3.09. The van der Waals surface area contributed by atoms with Crippen LogP contribution in [-0.2, 0) is 16.0 Å². The van der Waals surface area contributed by atoms with Gasteiger partial charge in [0.2, 0.25) is 5.95 Å². The molecule has 9 heteroatoms. The lowest BCUT2D eigenvalue weighted by Gasteiger charge is -2.13. The van der Waals surface area contributed by atoms with Crippen LogP contribution in [0.4, 0.5) is 31.9 Å². The lowest BCUT2D eigenvalue weighted by Crippen LogP contribution is -2.07. The molecule has 1 aliphatic carbocycles. The van der Waals surface area contributed by atoms with Gasteiger partial charge in [-0.2, -0.15) is 4.98 Å². The van der Waals surface area contributed by atoms with Gasteiger partial charge in [0.1, 0.15) is 12.4 Å². The van der Waals surface area contributed by atoms with Crippen molar-refractivity contribution in [1.82, 2.24) is 9.97 Å². The predicted molar refractivity (Wildman–Crippen MR) is 129 cm³/mol. The Labute approximate surface area is 202 Å². The number of hydrogen-bond acceptors (Lipinski definition) is 7. The first-order chi connectivity index (χ1) is 17.0. The molecule has 35 heavy (non-hydrogen) atoms. The van der Waals surface area contributed by atoms with E-state index in [2.05, 4.69) is 26.7 Å². The van der Waals surface area contributed by atoms with Crippen LogP contribution < -0.4 is 15.4 Å². The van der Waals surface area contributed by atoms with Gasteiger partial charge < -0.3 is 20.1 Å². The molecule has 0 atom stereocenters. The number of methoxy groups -OCH3 is 1. The number of allylic oxidation sites excluding steroid dienone is 2. The molecule has 1 aromatic heterocycles. The van der Waals surface area contributed by atoms with E-state index in [4.69, 9.17) is 9.47 Å². The van der Waals surface area contributed by atoms with E-state index in [-0.39, 0.29) is 29.9 Å². The number of ketones is 1. The number of Topliss-reactive ketones (excluding diaryl/α,β-unsaturated/α-hetero) is 1. The average molecular weight is 481 g/mol. The molecule has 182 valence electrons. The van der Waals surface area contributed by atoms with Gasteiger partial charge in [-0.25, -0.2) is 13.8 Å². The number of carbonyl (C=O) groups excluding carboxylic acids is 1. The Hall–Kier alpha value is -3.85. The van der Waals surface area contributed by atoms with Gasteiger partial charge in [-0.15, -0.1) is 0 Å². The minimum absolute atomic E-state index is 0.0387. The average Bonchev–Trinajstić information content (AvgIpc) is 2.81. The minimum atomic E-state index is -0.642. The Kier molecular flexibility index (Phi) is 7.99. The van der Waals surface area contributed by atoms with Crippen LogP contribution in [0.2, 0.25) is 0 Å². The maximum atomic E-state index is 14.3. The molecule has 2 N–H and O–H groups in total. The maximum Gasteiger partial charge on any atom is 0.229 e. The molecule has 0 bridgehead atoms. The number of benzene rings is 2. The Morgan fingerprint density at radius 2 is 1.77 bits per heavy atom. The number of carbonyl (C=O) groups is 1. The molecule has 0 amide bonds. The molecule has 0 fully saturated rings. The molecule has 0 saturated carbocycles. The molecule has 3 aromatic rings. The van der Waals surface area contributed by atoms with Gasteiger partial charge in [-0.3, -0.25) is 4.79 Å². The van der Waals surface area contributed by atoms with Crippen LogP contribution in [0.3, 0.4) is 0 Å². The van der Waals surface area contributed by atoms with E-state index in [0.717, 1.165) is 24.6 Å². The number of ether oxygens (including phenoxy) is 2. The number of halogens is 2. The van der Waals surface area contributed by atoms with Crippen LogP contribution in [0.5, 0.6) is 5.75 Å². The molecule has 0 radical (unpaired) electrons. The highest BCUT2D eigenvalue weighted by Gasteiger charge is 2.13. The second-order valence-electron chi connectivity index (χ2n) is 8.12. The van der Waals surface area contributed by atoms with E-state index in [0.29, 0.717) is 30.8 Å². The standard InChI is InChI=1S/C26H26F2N4O3/c1-34-11-12-35-24-10-9-20(15-22(24)27)31-26-29-16-23(28)25(32-26)30-19-7-5-18(6-8-19)14-21(33)13-17-3-2-4-17/h3,5-10,15-16H,2,4,11-14H2,1H3,(H2,29,30,31,32). The third-order valence-corrected chi connectivity index (χ3v) is 5.42. The zero-order valence-electron chi connectivity index (χ0n) is 19.3. The van der Waals surface area contributed by atoms with Gasteiger partial charge in [0.15, 0.2) is 23.2 Å². The molecular weight excluding hydrogens is 454 g/mol. The highest BCUT2D eigenvalue weighted by atomic mass is 19.1. The van der Waals surface area contributed by atoms with Crippen molar-refractivity contribution in [3.05, 3.63) is 77.5 Å². The van der Waals surface area contributed by atoms with Crippen LogP contribution in [0, 0.1) is 11.6 Å². The Bertz CT molecular complexity index is 1220. The second-order valence-corrected chi connectivity index (χ2v) is 8.12. The number of nitrogens with zero attached hydrogens (tertiary/aromatic N) is 2. The van der Waals surface area contributed by atoms with Crippen molar-refractivity contribution in [1.29, 1.82) is 0 Å². The fraction of sp³-hybridized carbons (Fsp3) is 0.269. The zero-order chi connectivity index (χ0) is 24.6. The Morgan fingerprint density at radius 3 is 2.46 bits per heavy atom. The van der Waals surface area contributed by atoms with E-state index in [9.17, 15) is 13.6 Å². The first-order valence-electron chi connectivity index (χ1n) is 11.3. The summed E-state index contributed by atoms with van der Waals surface area (Å²) in [4.78, 5) is 20.2. The summed E-state index contributed by atoms with van der Waals surface area (Å²) in [6.45, 7) is 0.573. The summed E-state index contributed by atoms with van der Waals surface area (Å²) >= 11 is 0. The molecule has 0 unspecified atom stereocenters. The van der Waals surface area contributed by atoms with Crippen molar-refractivity contribution in [3.8, 4) is 5.75 Å². The first kappa shape index (κ1) is 24.3. The maximum absolute atomic E-state index is 14.3. The fourth-order valence-electron chi connectivity index (χ4n) is 3.47. The van der Waals surface area contributed by atoms with Gasteiger partial charge in [-0.05, 0) is 42.7 Å². The van der Waals surface area contributed by atoms with E-state index >= 15 is 0 Å². The summed E-state index contributed by atoms with van der Waals surface area (Å²) < 4.78 is 38.8. The lowest BCUT2D eigenvalue weighted by molar-refractivity contribution is -0.117. The van der Waals surface area contributed by atoms with Gasteiger partial charge in [0.05, 0.1) is 12.8 Å². The van der Waals surface area contributed by atoms with Gasteiger partial charge in [0, 0.05) is 37.4 Å².